The number of anilines is 1. The molecule has 1 fully saturated rings. The van der Waals surface area contributed by atoms with Crippen molar-refractivity contribution >= 4 is 28.9 Å². The van der Waals surface area contributed by atoms with E-state index in [0.717, 1.165) is 30.9 Å². The molecule has 0 radical (unpaired) electrons. The van der Waals surface area contributed by atoms with Gasteiger partial charge in [-0.25, -0.2) is 0 Å². The maximum absolute atomic E-state index is 9.71. The summed E-state index contributed by atoms with van der Waals surface area (Å²) in [5.74, 6) is 0. The van der Waals surface area contributed by atoms with Crippen LogP contribution in [0, 0.1) is 22.7 Å². The summed E-state index contributed by atoms with van der Waals surface area (Å²) in [7, 11) is 0. The van der Waals surface area contributed by atoms with Crippen LogP contribution in [0.2, 0.25) is 10.0 Å². The molecule has 4 nitrogen and oxygen atoms in total. The lowest BCUT2D eigenvalue weighted by molar-refractivity contribution is 0.171. The number of halogens is 2. The third-order valence-electron chi connectivity index (χ3n) is 6.12. The molecule has 0 bridgehead atoms. The van der Waals surface area contributed by atoms with Gasteiger partial charge in [-0.2, -0.15) is 10.5 Å². The summed E-state index contributed by atoms with van der Waals surface area (Å²) in [4.78, 5) is 4.74. The second kappa shape index (κ2) is 9.63. The SMILES string of the molecule is C[C@H](c1ccc(C#N)cc1)N1CCN(c2ccc(Cl)cc2C#N)[C@H](c2ccc(Cl)cc2)C1. The third-order valence-corrected chi connectivity index (χ3v) is 6.61. The second-order valence-corrected chi connectivity index (χ2v) is 8.81. The van der Waals surface area contributed by atoms with Gasteiger partial charge in [-0.15, -0.1) is 0 Å². The topological polar surface area (TPSA) is 54.1 Å². The van der Waals surface area contributed by atoms with Crippen molar-refractivity contribution in [1.29, 1.82) is 10.5 Å². The number of rotatable bonds is 4. The van der Waals surface area contributed by atoms with Gasteiger partial charge in [-0.05, 0) is 60.5 Å². The molecular weight excluding hydrogens is 439 g/mol. The van der Waals surface area contributed by atoms with E-state index in [1.807, 2.05) is 48.5 Å². The van der Waals surface area contributed by atoms with Crippen LogP contribution in [-0.2, 0) is 0 Å². The fraction of sp³-hybridized carbons (Fsp3) is 0.231. The molecule has 4 rings (SSSR count). The number of nitriles is 2. The highest BCUT2D eigenvalue weighted by molar-refractivity contribution is 6.31. The molecule has 32 heavy (non-hydrogen) atoms. The Labute approximate surface area is 198 Å². The van der Waals surface area contributed by atoms with Crippen LogP contribution in [0.25, 0.3) is 0 Å². The van der Waals surface area contributed by atoms with Gasteiger partial charge in [0.1, 0.15) is 6.07 Å². The highest BCUT2D eigenvalue weighted by Crippen LogP contribution is 2.36. The molecule has 0 unspecified atom stereocenters. The molecule has 0 N–H and O–H groups in total. The number of hydrogen-bond acceptors (Lipinski definition) is 4. The van der Waals surface area contributed by atoms with Crippen LogP contribution in [0.1, 0.15) is 41.3 Å². The van der Waals surface area contributed by atoms with E-state index in [1.54, 1.807) is 6.07 Å². The molecule has 1 saturated heterocycles. The molecule has 1 aliphatic rings. The molecule has 0 amide bonds. The minimum Gasteiger partial charge on any atom is -0.361 e. The first-order valence-electron chi connectivity index (χ1n) is 10.5. The van der Waals surface area contributed by atoms with Crippen molar-refractivity contribution in [3.63, 3.8) is 0 Å². The zero-order valence-electron chi connectivity index (χ0n) is 17.7. The summed E-state index contributed by atoms with van der Waals surface area (Å²) < 4.78 is 0. The van der Waals surface area contributed by atoms with Crippen molar-refractivity contribution < 1.29 is 0 Å². The fourth-order valence-corrected chi connectivity index (χ4v) is 4.61. The molecule has 0 saturated carbocycles. The van der Waals surface area contributed by atoms with E-state index in [1.165, 1.54) is 5.56 Å². The first-order valence-corrected chi connectivity index (χ1v) is 11.2. The van der Waals surface area contributed by atoms with Crippen LogP contribution >= 0.6 is 23.2 Å². The number of nitrogens with zero attached hydrogens (tertiary/aromatic N) is 4. The Bertz CT molecular complexity index is 1180. The normalized spacial score (nSPS) is 17.4. The van der Waals surface area contributed by atoms with Gasteiger partial charge in [0.15, 0.2) is 0 Å². The monoisotopic (exact) mass is 460 g/mol. The summed E-state index contributed by atoms with van der Waals surface area (Å²) in [6.07, 6.45) is 0. The van der Waals surface area contributed by atoms with Crippen molar-refractivity contribution in [2.24, 2.45) is 0 Å². The Balaban J connectivity index is 1.67. The lowest BCUT2D eigenvalue weighted by Gasteiger charge is -2.45. The standard InChI is InChI=1S/C26H22Cl2N4/c1-18(20-4-2-19(15-29)3-5-20)31-12-13-32(25-11-10-24(28)14-22(25)16-30)26(17-31)21-6-8-23(27)9-7-21/h2-11,14,18,26H,12-13,17H2,1H3/t18-,26+/m1/s1. The Morgan fingerprint density at radius 1 is 0.875 bits per heavy atom. The summed E-state index contributed by atoms with van der Waals surface area (Å²) in [6.45, 7) is 4.60. The molecule has 6 heteroatoms. The van der Waals surface area contributed by atoms with Crippen LogP contribution in [0.15, 0.2) is 66.7 Å². The molecule has 0 aromatic heterocycles. The molecule has 160 valence electrons. The second-order valence-electron chi connectivity index (χ2n) is 7.94. The van der Waals surface area contributed by atoms with Crippen LogP contribution in [0.3, 0.4) is 0 Å². The summed E-state index contributed by atoms with van der Waals surface area (Å²) >= 11 is 12.3. The van der Waals surface area contributed by atoms with Crippen LogP contribution < -0.4 is 4.90 Å². The molecule has 1 heterocycles. The van der Waals surface area contributed by atoms with Gasteiger partial charge in [0.2, 0.25) is 0 Å². The van der Waals surface area contributed by atoms with Crippen molar-refractivity contribution in [2.75, 3.05) is 24.5 Å². The van der Waals surface area contributed by atoms with Crippen LogP contribution in [0.4, 0.5) is 5.69 Å². The van der Waals surface area contributed by atoms with Gasteiger partial charge < -0.3 is 4.90 Å². The average Bonchev–Trinajstić information content (AvgIpc) is 2.84. The lowest BCUT2D eigenvalue weighted by Crippen LogP contribution is -2.49. The molecule has 0 aliphatic carbocycles. The van der Waals surface area contributed by atoms with Gasteiger partial charge in [-0.1, -0.05) is 47.5 Å². The zero-order valence-corrected chi connectivity index (χ0v) is 19.2. The Kier molecular flexibility index (Phi) is 6.68. The minimum atomic E-state index is 0.0510. The molecule has 3 aromatic carbocycles. The predicted molar refractivity (Wildman–Crippen MR) is 129 cm³/mol. The van der Waals surface area contributed by atoms with E-state index in [9.17, 15) is 5.26 Å². The third kappa shape index (κ3) is 4.59. The van der Waals surface area contributed by atoms with E-state index in [0.29, 0.717) is 21.2 Å². The van der Waals surface area contributed by atoms with Crippen molar-refractivity contribution in [2.45, 2.75) is 19.0 Å². The number of benzene rings is 3. The van der Waals surface area contributed by atoms with Crippen molar-refractivity contribution in [1.82, 2.24) is 4.90 Å². The predicted octanol–water partition coefficient (Wildman–Crippen LogP) is 6.36. The van der Waals surface area contributed by atoms with Crippen molar-refractivity contribution in [3.8, 4) is 12.1 Å². The molecule has 3 aromatic rings. The van der Waals surface area contributed by atoms with Crippen LogP contribution in [0.5, 0.6) is 0 Å². The number of piperazine rings is 1. The van der Waals surface area contributed by atoms with E-state index in [2.05, 4.69) is 41.0 Å². The maximum Gasteiger partial charge on any atom is 0.101 e. The molecule has 0 spiro atoms. The maximum atomic E-state index is 9.71. The highest BCUT2D eigenvalue weighted by Gasteiger charge is 2.32. The quantitative estimate of drug-likeness (QED) is 0.454. The number of hydrogen-bond donors (Lipinski definition) is 0. The highest BCUT2D eigenvalue weighted by atomic mass is 35.5. The lowest BCUT2D eigenvalue weighted by atomic mass is 9.97. The van der Waals surface area contributed by atoms with Crippen molar-refractivity contribution in [3.05, 3.63) is 99.0 Å². The summed E-state index contributed by atoms with van der Waals surface area (Å²) in [5.41, 5.74) is 4.45. The largest absolute Gasteiger partial charge is 0.361 e. The Morgan fingerprint density at radius 2 is 1.56 bits per heavy atom. The summed E-state index contributed by atoms with van der Waals surface area (Å²) in [5, 5.41) is 20.1. The van der Waals surface area contributed by atoms with E-state index in [4.69, 9.17) is 28.5 Å². The van der Waals surface area contributed by atoms with E-state index < -0.39 is 0 Å². The van der Waals surface area contributed by atoms with Gasteiger partial charge in [0.05, 0.1) is 28.9 Å². The molecule has 2 atom stereocenters. The molecule has 1 aliphatic heterocycles. The van der Waals surface area contributed by atoms with Gasteiger partial charge in [0.25, 0.3) is 0 Å². The zero-order chi connectivity index (χ0) is 22.7. The van der Waals surface area contributed by atoms with Gasteiger partial charge >= 0.3 is 0 Å². The Hall–Kier alpha value is -3.02. The van der Waals surface area contributed by atoms with Gasteiger partial charge in [0, 0.05) is 35.7 Å². The first-order chi connectivity index (χ1) is 15.5. The average molecular weight is 461 g/mol. The summed E-state index contributed by atoms with van der Waals surface area (Å²) in [6, 6.07) is 25.9. The first kappa shape index (κ1) is 22.2. The minimum absolute atomic E-state index is 0.0510. The Morgan fingerprint density at radius 3 is 2.22 bits per heavy atom. The fourth-order valence-electron chi connectivity index (χ4n) is 4.31. The molecular formula is C26H22Cl2N4. The van der Waals surface area contributed by atoms with E-state index in [-0.39, 0.29) is 12.1 Å². The van der Waals surface area contributed by atoms with Gasteiger partial charge in [-0.3, -0.25) is 4.90 Å². The van der Waals surface area contributed by atoms with E-state index >= 15 is 0 Å². The smallest absolute Gasteiger partial charge is 0.101 e. The van der Waals surface area contributed by atoms with Crippen LogP contribution in [-0.4, -0.2) is 24.5 Å².